The molecule has 2 aromatic rings. The molecular formula is C26H31F3N4O2. The monoisotopic (exact) mass is 488 g/mol. The van der Waals surface area contributed by atoms with Gasteiger partial charge < -0.3 is 20.1 Å². The molecule has 1 saturated heterocycles. The lowest BCUT2D eigenvalue weighted by Gasteiger charge is -2.36. The van der Waals surface area contributed by atoms with Crippen molar-refractivity contribution in [3.05, 3.63) is 63.3 Å². The fraction of sp³-hybridized carbons (Fsp3) is 0.538. The van der Waals surface area contributed by atoms with Crippen LogP contribution in [0.25, 0.3) is 0 Å². The maximum atomic E-state index is 15.2. The second-order valence-corrected chi connectivity index (χ2v) is 11.1. The number of primary amides is 1. The zero-order valence-corrected chi connectivity index (χ0v) is 20.3. The van der Waals surface area contributed by atoms with Crippen molar-refractivity contribution in [2.45, 2.75) is 51.7 Å². The van der Waals surface area contributed by atoms with Crippen molar-refractivity contribution < 1.29 is 18.0 Å². The van der Waals surface area contributed by atoms with Crippen molar-refractivity contribution in [2.75, 3.05) is 25.0 Å². The van der Waals surface area contributed by atoms with E-state index in [0.717, 1.165) is 25.6 Å². The first-order valence-electron chi connectivity index (χ1n) is 12.0. The fourth-order valence-corrected chi connectivity index (χ4v) is 6.05. The minimum Gasteiger partial charge on any atom is -0.365 e. The van der Waals surface area contributed by atoms with Gasteiger partial charge in [-0.1, -0.05) is 32.0 Å². The van der Waals surface area contributed by atoms with Gasteiger partial charge in [0, 0.05) is 43.0 Å². The van der Waals surface area contributed by atoms with E-state index >= 15 is 4.39 Å². The summed E-state index contributed by atoms with van der Waals surface area (Å²) < 4.78 is 43.7. The van der Waals surface area contributed by atoms with Crippen molar-refractivity contribution in [3.8, 4) is 0 Å². The summed E-state index contributed by atoms with van der Waals surface area (Å²) in [6.07, 6.45) is -0.610. The Morgan fingerprint density at radius 3 is 2.34 bits per heavy atom. The summed E-state index contributed by atoms with van der Waals surface area (Å²) in [5.41, 5.74) is 5.44. The summed E-state index contributed by atoms with van der Waals surface area (Å²) in [6.45, 7) is 7.49. The van der Waals surface area contributed by atoms with Gasteiger partial charge in [-0.15, -0.1) is 0 Å². The number of likely N-dealkylation sites (tertiary alicyclic amines) is 1. The summed E-state index contributed by atoms with van der Waals surface area (Å²) in [4.78, 5) is 29.9. The molecule has 2 aliphatic carbocycles. The molecule has 0 bridgehead atoms. The van der Waals surface area contributed by atoms with Gasteiger partial charge in [-0.2, -0.15) is 0 Å². The van der Waals surface area contributed by atoms with Crippen LogP contribution < -0.4 is 16.2 Å². The van der Waals surface area contributed by atoms with Gasteiger partial charge in [0.2, 0.25) is 0 Å². The lowest BCUT2D eigenvalue weighted by Crippen LogP contribution is -2.38. The third kappa shape index (κ3) is 3.93. The van der Waals surface area contributed by atoms with Crippen molar-refractivity contribution in [2.24, 2.45) is 23.0 Å². The highest BCUT2D eigenvalue weighted by atomic mass is 19.3. The number of rotatable bonds is 7. The average molecular weight is 489 g/mol. The molecule has 9 heteroatoms. The van der Waals surface area contributed by atoms with Crippen LogP contribution in [0.4, 0.5) is 18.9 Å². The summed E-state index contributed by atoms with van der Waals surface area (Å²) in [5.74, 6) is -1.10. The molecule has 5 rings (SSSR count). The van der Waals surface area contributed by atoms with Gasteiger partial charge in [0.15, 0.2) is 0 Å². The Morgan fingerprint density at radius 2 is 1.80 bits per heavy atom. The Hall–Kier alpha value is -2.81. The molecule has 2 N–H and O–H groups in total. The number of pyridine rings is 1. The number of nitrogens with zero attached hydrogens (tertiary/aromatic N) is 3. The number of hydrogen-bond donors (Lipinski definition) is 1. The van der Waals surface area contributed by atoms with Crippen LogP contribution in [-0.4, -0.2) is 41.6 Å². The first kappa shape index (κ1) is 23.9. The molecule has 6 nitrogen and oxygen atoms in total. The van der Waals surface area contributed by atoms with Gasteiger partial charge in [-0.3, -0.25) is 9.59 Å². The maximum Gasteiger partial charge on any atom is 0.266 e. The van der Waals surface area contributed by atoms with Crippen LogP contribution in [0.2, 0.25) is 0 Å². The highest BCUT2D eigenvalue weighted by Gasteiger charge is 2.59. The van der Waals surface area contributed by atoms with E-state index in [1.54, 1.807) is 11.5 Å². The van der Waals surface area contributed by atoms with Gasteiger partial charge >= 0.3 is 0 Å². The van der Waals surface area contributed by atoms with E-state index < -0.39 is 29.8 Å². The standard InChI is InChI=1S/C26H31F3N4O2/c1-13(14-6-5-7-15(22(14)27)24(28)29)33(23-16-10-31(4)11-17(16)23)19-8-21(34)32(12-18(19)25(30)35)20-9-26(20,2)3/h5-8,12-13,16-17,20,23-24H,9-11H2,1-4H3,(H2,30,35)/t13-,16?,17?,20-,23?/m1/s1. The average Bonchev–Trinajstić information content (AvgIpc) is 3.55. The SMILES string of the molecule is C[C@H](c1cccc(C(F)F)c1F)N(c1cc(=O)n([C@@H]2CC2(C)C)cc1C(N)=O)C1C2CN(C)CC21. The fourth-order valence-electron chi connectivity index (χ4n) is 6.05. The maximum absolute atomic E-state index is 15.2. The third-order valence-electron chi connectivity index (χ3n) is 8.21. The number of carbonyl (C=O) groups excluding carboxylic acids is 1. The Kier molecular flexibility index (Phi) is 5.54. The van der Waals surface area contributed by atoms with E-state index in [1.807, 2.05) is 11.9 Å². The highest BCUT2D eigenvalue weighted by molar-refractivity contribution is 5.98. The second kappa shape index (κ2) is 8.11. The molecule has 3 aliphatic rings. The van der Waals surface area contributed by atoms with Crippen molar-refractivity contribution in [1.82, 2.24) is 9.47 Å². The molecule has 2 saturated carbocycles. The molecule has 0 spiro atoms. The normalized spacial score (nSPS) is 27.5. The van der Waals surface area contributed by atoms with Gasteiger partial charge in [0.05, 0.1) is 22.9 Å². The minimum atomic E-state index is -2.95. The molecule has 2 heterocycles. The molecule has 0 radical (unpaired) electrons. The van der Waals surface area contributed by atoms with E-state index in [9.17, 15) is 18.4 Å². The largest absolute Gasteiger partial charge is 0.365 e. The van der Waals surface area contributed by atoms with E-state index in [4.69, 9.17) is 5.73 Å². The predicted molar refractivity (Wildman–Crippen MR) is 127 cm³/mol. The smallest absolute Gasteiger partial charge is 0.266 e. The number of hydrogen-bond acceptors (Lipinski definition) is 4. The third-order valence-corrected chi connectivity index (χ3v) is 8.21. The summed E-state index contributed by atoms with van der Waals surface area (Å²) in [5, 5.41) is 0. The number of nitrogens with two attached hydrogens (primary N) is 1. The molecule has 2 unspecified atom stereocenters. The van der Waals surface area contributed by atoms with E-state index in [1.165, 1.54) is 24.4 Å². The minimum absolute atomic E-state index is 0.0258. The molecule has 1 aromatic carbocycles. The van der Waals surface area contributed by atoms with Crippen LogP contribution in [0, 0.1) is 23.1 Å². The van der Waals surface area contributed by atoms with Gasteiger partial charge in [0.25, 0.3) is 17.9 Å². The van der Waals surface area contributed by atoms with Crippen molar-refractivity contribution in [1.29, 1.82) is 0 Å². The van der Waals surface area contributed by atoms with E-state index in [0.29, 0.717) is 5.69 Å². The molecule has 3 fully saturated rings. The van der Waals surface area contributed by atoms with Crippen LogP contribution in [-0.2, 0) is 0 Å². The zero-order chi connectivity index (χ0) is 25.4. The number of fused-ring (bicyclic) bond motifs is 1. The predicted octanol–water partition coefficient (Wildman–Crippen LogP) is 4.12. The van der Waals surface area contributed by atoms with Gasteiger partial charge in [-0.05, 0) is 37.6 Å². The first-order chi connectivity index (χ1) is 16.4. The molecule has 188 valence electrons. The van der Waals surface area contributed by atoms with E-state index in [2.05, 4.69) is 18.7 Å². The van der Waals surface area contributed by atoms with Crippen LogP contribution in [0.1, 0.15) is 67.2 Å². The van der Waals surface area contributed by atoms with Crippen LogP contribution in [0.3, 0.4) is 0 Å². The van der Waals surface area contributed by atoms with Crippen molar-refractivity contribution >= 4 is 11.6 Å². The number of amides is 1. The Morgan fingerprint density at radius 1 is 1.20 bits per heavy atom. The Bertz CT molecular complexity index is 1230. The number of anilines is 1. The van der Waals surface area contributed by atoms with E-state index in [-0.39, 0.29) is 46.0 Å². The number of piperidine rings is 1. The first-order valence-corrected chi connectivity index (χ1v) is 12.0. The van der Waals surface area contributed by atoms with Gasteiger partial charge in [-0.25, -0.2) is 13.2 Å². The molecular weight excluding hydrogens is 457 g/mol. The summed E-state index contributed by atoms with van der Waals surface area (Å²) in [7, 11) is 2.02. The zero-order valence-electron chi connectivity index (χ0n) is 20.3. The van der Waals surface area contributed by atoms with Crippen LogP contribution in [0.15, 0.2) is 35.3 Å². The Labute approximate surface area is 202 Å². The molecule has 4 atom stereocenters. The van der Waals surface area contributed by atoms with Crippen LogP contribution in [0.5, 0.6) is 0 Å². The number of alkyl halides is 2. The number of carbonyl (C=O) groups is 1. The number of halogens is 3. The quantitative estimate of drug-likeness (QED) is 0.637. The lowest BCUT2D eigenvalue weighted by molar-refractivity contribution is 0.0999. The lowest BCUT2D eigenvalue weighted by atomic mass is 10.0. The van der Waals surface area contributed by atoms with Crippen LogP contribution >= 0.6 is 0 Å². The summed E-state index contributed by atoms with van der Waals surface area (Å²) in [6, 6.07) is 4.62. The second-order valence-electron chi connectivity index (χ2n) is 11.1. The van der Waals surface area contributed by atoms with Gasteiger partial charge in [0.1, 0.15) is 5.82 Å². The molecule has 1 aliphatic heterocycles. The Balaban J connectivity index is 1.63. The highest BCUT2D eigenvalue weighted by Crippen LogP contribution is 2.56. The number of benzene rings is 1. The summed E-state index contributed by atoms with van der Waals surface area (Å²) >= 11 is 0. The molecule has 1 amide bonds. The topological polar surface area (TPSA) is 71.6 Å². The molecule has 1 aromatic heterocycles. The number of aromatic nitrogens is 1. The van der Waals surface area contributed by atoms with Crippen molar-refractivity contribution in [3.63, 3.8) is 0 Å². The molecule has 35 heavy (non-hydrogen) atoms.